The van der Waals surface area contributed by atoms with Crippen LogP contribution in [0.2, 0.25) is 5.02 Å². The Hall–Kier alpha value is -2.44. The van der Waals surface area contributed by atoms with Gasteiger partial charge in [0.15, 0.2) is 0 Å². The minimum absolute atomic E-state index is 0.152. The van der Waals surface area contributed by atoms with Gasteiger partial charge in [-0.05, 0) is 36.4 Å². The van der Waals surface area contributed by atoms with Gasteiger partial charge >= 0.3 is 5.97 Å². The molecule has 2 aromatic carbocycles. The molecule has 0 atom stereocenters. The average molecular weight is 364 g/mol. The minimum Gasteiger partial charge on any atom is -0.465 e. The van der Waals surface area contributed by atoms with Gasteiger partial charge < -0.3 is 10.1 Å². The van der Waals surface area contributed by atoms with Crippen molar-refractivity contribution >= 4 is 50.6 Å². The Labute approximate surface area is 145 Å². The zero-order valence-electron chi connectivity index (χ0n) is 12.4. The maximum Gasteiger partial charge on any atom is 0.339 e. The Morgan fingerprint density at radius 3 is 2.71 bits per heavy atom. The summed E-state index contributed by atoms with van der Waals surface area (Å²) in [6.45, 7) is 0. The van der Waals surface area contributed by atoms with E-state index in [0.717, 1.165) is 0 Å². The van der Waals surface area contributed by atoms with Crippen molar-refractivity contribution in [3.05, 3.63) is 63.7 Å². The number of ether oxygens (including phenoxy) is 1. The normalized spacial score (nSPS) is 10.6. The number of rotatable bonds is 3. The van der Waals surface area contributed by atoms with E-state index in [0.29, 0.717) is 20.7 Å². The number of methoxy groups -OCH3 is 1. The van der Waals surface area contributed by atoms with E-state index in [4.69, 9.17) is 11.6 Å². The van der Waals surface area contributed by atoms with Crippen molar-refractivity contribution in [1.82, 2.24) is 0 Å². The molecule has 3 rings (SSSR count). The maximum atomic E-state index is 13.7. The molecule has 24 heavy (non-hydrogen) atoms. The second kappa shape index (κ2) is 6.59. The summed E-state index contributed by atoms with van der Waals surface area (Å²) in [5.41, 5.74) is 0.544. The zero-order chi connectivity index (χ0) is 17.3. The largest absolute Gasteiger partial charge is 0.465 e. The van der Waals surface area contributed by atoms with E-state index in [2.05, 4.69) is 10.1 Å². The van der Waals surface area contributed by atoms with Gasteiger partial charge in [0.2, 0.25) is 0 Å². The lowest BCUT2D eigenvalue weighted by atomic mass is 10.2. The van der Waals surface area contributed by atoms with Crippen molar-refractivity contribution in [2.75, 3.05) is 12.4 Å². The highest BCUT2D eigenvalue weighted by atomic mass is 35.5. The standard InChI is InChI=1S/C17H11ClFNO3S/c1-23-17(22)10-7-9(5-6-12(10)18)20-16(21)15-8-11-13(19)3-2-4-14(11)24-15/h2-8H,1H3,(H,20,21). The number of esters is 1. The molecule has 0 aliphatic heterocycles. The average Bonchev–Trinajstić information content (AvgIpc) is 3.01. The molecular weight excluding hydrogens is 353 g/mol. The Balaban J connectivity index is 1.88. The summed E-state index contributed by atoms with van der Waals surface area (Å²) in [4.78, 5) is 24.4. The Bertz CT molecular complexity index is 954. The molecule has 1 aromatic heterocycles. The third-order valence-corrected chi connectivity index (χ3v) is 4.79. The van der Waals surface area contributed by atoms with Crippen molar-refractivity contribution in [3.8, 4) is 0 Å². The number of amides is 1. The van der Waals surface area contributed by atoms with Crippen LogP contribution in [-0.4, -0.2) is 19.0 Å². The third kappa shape index (κ3) is 3.11. The summed E-state index contributed by atoms with van der Waals surface area (Å²) in [6.07, 6.45) is 0. The molecule has 0 bridgehead atoms. The zero-order valence-corrected chi connectivity index (χ0v) is 14.0. The molecule has 1 N–H and O–H groups in total. The number of thiophene rings is 1. The van der Waals surface area contributed by atoms with E-state index in [-0.39, 0.29) is 16.4 Å². The first-order valence-corrected chi connectivity index (χ1v) is 8.06. The summed E-state index contributed by atoms with van der Waals surface area (Å²) in [5, 5.41) is 3.30. The number of fused-ring (bicyclic) bond motifs is 1. The SMILES string of the molecule is COC(=O)c1cc(NC(=O)c2cc3c(F)cccc3s2)ccc1Cl. The van der Waals surface area contributed by atoms with Gasteiger partial charge in [0.05, 0.1) is 22.6 Å². The van der Waals surface area contributed by atoms with Crippen LogP contribution in [0.5, 0.6) is 0 Å². The van der Waals surface area contributed by atoms with Crippen molar-refractivity contribution in [2.45, 2.75) is 0 Å². The number of carbonyl (C=O) groups excluding carboxylic acids is 2. The van der Waals surface area contributed by atoms with Gasteiger partial charge in [0.1, 0.15) is 5.82 Å². The molecule has 122 valence electrons. The van der Waals surface area contributed by atoms with Crippen LogP contribution in [-0.2, 0) is 4.74 Å². The van der Waals surface area contributed by atoms with Crippen LogP contribution in [0, 0.1) is 5.82 Å². The number of anilines is 1. The lowest BCUT2D eigenvalue weighted by Crippen LogP contribution is -2.11. The summed E-state index contributed by atoms with van der Waals surface area (Å²) < 4.78 is 19.0. The Kier molecular flexibility index (Phi) is 4.51. The molecule has 0 aliphatic carbocycles. The molecule has 1 amide bonds. The van der Waals surface area contributed by atoms with Gasteiger partial charge in [0, 0.05) is 15.8 Å². The molecule has 0 aliphatic rings. The lowest BCUT2D eigenvalue weighted by Gasteiger charge is -2.07. The number of nitrogens with one attached hydrogen (secondary N) is 1. The molecule has 0 saturated carbocycles. The van der Waals surface area contributed by atoms with Crippen molar-refractivity contribution in [1.29, 1.82) is 0 Å². The van der Waals surface area contributed by atoms with Gasteiger partial charge in [-0.1, -0.05) is 17.7 Å². The molecule has 0 fully saturated rings. The van der Waals surface area contributed by atoms with Gasteiger partial charge in [-0.15, -0.1) is 11.3 Å². The summed E-state index contributed by atoms with van der Waals surface area (Å²) >= 11 is 7.13. The molecule has 4 nitrogen and oxygen atoms in total. The van der Waals surface area contributed by atoms with Crippen LogP contribution in [0.3, 0.4) is 0 Å². The topological polar surface area (TPSA) is 55.4 Å². The summed E-state index contributed by atoms with van der Waals surface area (Å²) in [7, 11) is 1.25. The molecular formula is C17H11ClFNO3S. The first-order chi connectivity index (χ1) is 11.5. The number of hydrogen-bond acceptors (Lipinski definition) is 4. The second-order valence-electron chi connectivity index (χ2n) is 4.90. The molecule has 0 unspecified atom stereocenters. The molecule has 1 heterocycles. The number of hydrogen-bond donors (Lipinski definition) is 1. The van der Waals surface area contributed by atoms with Gasteiger partial charge in [-0.2, -0.15) is 0 Å². The van der Waals surface area contributed by atoms with Crippen LogP contribution in [0.15, 0.2) is 42.5 Å². The van der Waals surface area contributed by atoms with E-state index >= 15 is 0 Å². The Morgan fingerprint density at radius 1 is 1.21 bits per heavy atom. The van der Waals surface area contributed by atoms with Crippen LogP contribution < -0.4 is 5.32 Å². The molecule has 3 aromatic rings. The summed E-state index contributed by atoms with van der Waals surface area (Å²) in [5.74, 6) is -1.36. The second-order valence-corrected chi connectivity index (χ2v) is 6.39. The Morgan fingerprint density at radius 2 is 2.00 bits per heavy atom. The predicted octanol–water partition coefficient (Wildman–Crippen LogP) is 4.73. The van der Waals surface area contributed by atoms with Gasteiger partial charge in [-0.25, -0.2) is 9.18 Å². The van der Waals surface area contributed by atoms with E-state index < -0.39 is 11.9 Å². The van der Waals surface area contributed by atoms with E-state index in [1.54, 1.807) is 18.2 Å². The highest BCUT2D eigenvalue weighted by molar-refractivity contribution is 7.20. The first-order valence-electron chi connectivity index (χ1n) is 6.87. The number of benzene rings is 2. The third-order valence-electron chi connectivity index (χ3n) is 3.36. The smallest absolute Gasteiger partial charge is 0.339 e. The van der Waals surface area contributed by atoms with E-state index in [1.807, 2.05) is 0 Å². The van der Waals surface area contributed by atoms with Gasteiger partial charge in [0.25, 0.3) is 5.91 Å². The molecule has 0 saturated heterocycles. The fourth-order valence-corrected chi connectivity index (χ4v) is 3.36. The van der Waals surface area contributed by atoms with Crippen molar-refractivity contribution < 1.29 is 18.7 Å². The monoisotopic (exact) mass is 363 g/mol. The fourth-order valence-electron chi connectivity index (χ4n) is 2.20. The number of halogens is 2. The van der Waals surface area contributed by atoms with Crippen LogP contribution in [0.1, 0.15) is 20.0 Å². The van der Waals surface area contributed by atoms with Crippen LogP contribution >= 0.6 is 22.9 Å². The van der Waals surface area contributed by atoms with Crippen LogP contribution in [0.4, 0.5) is 10.1 Å². The van der Waals surface area contributed by atoms with E-state index in [9.17, 15) is 14.0 Å². The maximum absolute atomic E-state index is 13.7. The highest BCUT2D eigenvalue weighted by Crippen LogP contribution is 2.28. The highest BCUT2D eigenvalue weighted by Gasteiger charge is 2.15. The minimum atomic E-state index is -0.597. The van der Waals surface area contributed by atoms with Crippen molar-refractivity contribution in [2.24, 2.45) is 0 Å². The quantitative estimate of drug-likeness (QED) is 0.684. The number of carbonyl (C=O) groups is 2. The van der Waals surface area contributed by atoms with Gasteiger partial charge in [-0.3, -0.25) is 4.79 Å². The lowest BCUT2D eigenvalue weighted by molar-refractivity contribution is 0.0600. The van der Waals surface area contributed by atoms with Crippen LogP contribution in [0.25, 0.3) is 10.1 Å². The van der Waals surface area contributed by atoms with Crippen molar-refractivity contribution in [3.63, 3.8) is 0 Å². The predicted molar refractivity (Wildman–Crippen MR) is 92.5 cm³/mol. The molecule has 7 heteroatoms. The fraction of sp³-hybridized carbons (Fsp3) is 0.0588. The molecule has 0 radical (unpaired) electrons. The summed E-state index contributed by atoms with van der Waals surface area (Å²) in [6, 6.07) is 10.7. The first kappa shape index (κ1) is 16.4. The van der Waals surface area contributed by atoms with E-state index in [1.165, 1.54) is 42.7 Å². The molecule has 0 spiro atoms.